The second-order valence-electron chi connectivity index (χ2n) is 4.88. The molecule has 3 nitrogen and oxygen atoms in total. The first-order valence-corrected chi connectivity index (χ1v) is 7.30. The molecular weight excluding hydrogens is 212 g/mol. The van der Waals surface area contributed by atoms with Crippen LogP contribution in [0.25, 0.3) is 0 Å². The standard InChI is InChI=1S/C11H20O3S/c1-8(2)6-7-15(13,14)11-5-4-10(12)9(11)3/h8-9,11H,4-7H2,1-3H3. The van der Waals surface area contributed by atoms with Gasteiger partial charge in [-0.05, 0) is 18.8 Å². The van der Waals surface area contributed by atoms with E-state index in [9.17, 15) is 13.2 Å². The SMILES string of the molecule is CC(C)CCS(=O)(=O)C1CCC(=O)C1C. The van der Waals surface area contributed by atoms with Crippen LogP contribution in [0.3, 0.4) is 0 Å². The first kappa shape index (κ1) is 12.7. The molecule has 0 aromatic rings. The molecule has 1 saturated carbocycles. The van der Waals surface area contributed by atoms with Gasteiger partial charge in [0, 0.05) is 12.3 Å². The van der Waals surface area contributed by atoms with Crippen molar-refractivity contribution in [3.63, 3.8) is 0 Å². The van der Waals surface area contributed by atoms with Gasteiger partial charge < -0.3 is 0 Å². The highest BCUT2D eigenvalue weighted by molar-refractivity contribution is 7.92. The van der Waals surface area contributed by atoms with Crippen LogP contribution in [0, 0.1) is 11.8 Å². The molecule has 15 heavy (non-hydrogen) atoms. The lowest BCUT2D eigenvalue weighted by atomic mass is 10.1. The Bertz CT molecular complexity index is 330. The highest BCUT2D eigenvalue weighted by Gasteiger charge is 2.39. The summed E-state index contributed by atoms with van der Waals surface area (Å²) in [5.74, 6) is 0.440. The predicted octanol–water partition coefficient (Wildman–Crippen LogP) is 1.81. The Morgan fingerprint density at radius 3 is 2.40 bits per heavy atom. The number of rotatable bonds is 4. The smallest absolute Gasteiger partial charge is 0.153 e. The van der Waals surface area contributed by atoms with Gasteiger partial charge in [-0.15, -0.1) is 0 Å². The van der Waals surface area contributed by atoms with Crippen molar-refractivity contribution in [3.05, 3.63) is 0 Å². The average Bonchev–Trinajstić information content (AvgIpc) is 2.45. The second-order valence-corrected chi connectivity index (χ2v) is 7.22. The topological polar surface area (TPSA) is 51.2 Å². The normalized spacial score (nSPS) is 27.6. The van der Waals surface area contributed by atoms with E-state index in [4.69, 9.17) is 0 Å². The van der Waals surface area contributed by atoms with Crippen LogP contribution in [0.15, 0.2) is 0 Å². The van der Waals surface area contributed by atoms with E-state index in [1.54, 1.807) is 6.92 Å². The van der Waals surface area contributed by atoms with E-state index in [0.29, 0.717) is 25.2 Å². The number of carbonyl (C=O) groups excluding carboxylic acids is 1. The fourth-order valence-electron chi connectivity index (χ4n) is 2.01. The first-order valence-electron chi connectivity index (χ1n) is 5.59. The minimum Gasteiger partial charge on any atom is -0.299 e. The van der Waals surface area contributed by atoms with E-state index in [-0.39, 0.29) is 17.5 Å². The van der Waals surface area contributed by atoms with Crippen LogP contribution >= 0.6 is 0 Å². The molecule has 1 aliphatic rings. The van der Waals surface area contributed by atoms with Crippen molar-refractivity contribution >= 4 is 15.6 Å². The van der Waals surface area contributed by atoms with Crippen molar-refractivity contribution in [1.29, 1.82) is 0 Å². The van der Waals surface area contributed by atoms with Crippen molar-refractivity contribution in [2.45, 2.75) is 45.3 Å². The lowest BCUT2D eigenvalue weighted by Crippen LogP contribution is -2.28. The van der Waals surface area contributed by atoms with E-state index in [1.807, 2.05) is 13.8 Å². The van der Waals surface area contributed by atoms with Gasteiger partial charge in [-0.2, -0.15) is 0 Å². The third-order valence-electron chi connectivity index (χ3n) is 3.18. The monoisotopic (exact) mass is 232 g/mol. The molecule has 2 atom stereocenters. The van der Waals surface area contributed by atoms with Crippen LogP contribution < -0.4 is 0 Å². The Hall–Kier alpha value is -0.380. The zero-order valence-electron chi connectivity index (χ0n) is 9.69. The summed E-state index contributed by atoms with van der Waals surface area (Å²) in [6, 6.07) is 0. The van der Waals surface area contributed by atoms with Crippen LogP contribution in [0.4, 0.5) is 0 Å². The molecule has 0 aromatic carbocycles. The lowest BCUT2D eigenvalue weighted by molar-refractivity contribution is -0.120. The highest BCUT2D eigenvalue weighted by atomic mass is 32.2. The third kappa shape index (κ3) is 3.03. The Morgan fingerprint density at radius 1 is 1.40 bits per heavy atom. The van der Waals surface area contributed by atoms with Crippen molar-refractivity contribution in [3.8, 4) is 0 Å². The zero-order chi connectivity index (χ0) is 11.6. The van der Waals surface area contributed by atoms with E-state index in [2.05, 4.69) is 0 Å². The van der Waals surface area contributed by atoms with Crippen LogP contribution in [0.5, 0.6) is 0 Å². The largest absolute Gasteiger partial charge is 0.299 e. The zero-order valence-corrected chi connectivity index (χ0v) is 10.5. The summed E-state index contributed by atoms with van der Waals surface area (Å²) in [5.41, 5.74) is 0. The van der Waals surface area contributed by atoms with Gasteiger partial charge in [0.15, 0.2) is 9.84 Å². The number of ketones is 1. The second kappa shape index (κ2) is 4.64. The molecule has 0 aromatic heterocycles. The summed E-state index contributed by atoms with van der Waals surface area (Å²) in [6.45, 7) is 5.77. The summed E-state index contributed by atoms with van der Waals surface area (Å²) in [4.78, 5) is 11.3. The Balaban J connectivity index is 2.66. The van der Waals surface area contributed by atoms with Crippen molar-refractivity contribution < 1.29 is 13.2 Å². The van der Waals surface area contributed by atoms with Gasteiger partial charge in [0.2, 0.25) is 0 Å². The van der Waals surface area contributed by atoms with Crippen LogP contribution in [-0.4, -0.2) is 25.2 Å². The number of carbonyl (C=O) groups is 1. The first-order chi connectivity index (χ1) is 6.84. The molecule has 0 bridgehead atoms. The molecule has 0 aliphatic heterocycles. The summed E-state index contributed by atoms with van der Waals surface area (Å²) in [5, 5.41) is -0.413. The van der Waals surface area contributed by atoms with E-state index in [1.165, 1.54) is 0 Å². The quantitative estimate of drug-likeness (QED) is 0.743. The molecule has 0 spiro atoms. The highest BCUT2D eigenvalue weighted by Crippen LogP contribution is 2.29. The molecule has 2 unspecified atom stereocenters. The minimum atomic E-state index is -3.06. The molecule has 1 aliphatic carbocycles. The molecule has 0 heterocycles. The van der Waals surface area contributed by atoms with Gasteiger partial charge >= 0.3 is 0 Å². The van der Waals surface area contributed by atoms with Gasteiger partial charge in [-0.25, -0.2) is 8.42 Å². The number of sulfone groups is 1. The molecular formula is C11H20O3S. The van der Waals surface area contributed by atoms with Crippen molar-refractivity contribution in [2.75, 3.05) is 5.75 Å². The third-order valence-corrected chi connectivity index (χ3v) is 5.55. The molecule has 0 N–H and O–H groups in total. The number of hydrogen-bond acceptors (Lipinski definition) is 3. The van der Waals surface area contributed by atoms with Gasteiger partial charge in [-0.3, -0.25) is 4.79 Å². The van der Waals surface area contributed by atoms with Crippen molar-refractivity contribution in [1.82, 2.24) is 0 Å². The maximum absolute atomic E-state index is 11.9. The van der Waals surface area contributed by atoms with E-state index >= 15 is 0 Å². The average molecular weight is 232 g/mol. The summed E-state index contributed by atoms with van der Waals surface area (Å²) in [7, 11) is -3.06. The maximum Gasteiger partial charge on any atom is 0.153 e. The van der Waals surface area contributed by atoms with Gasteiger partial charge in [0.1, 0.15) is 5.78 Å². The molecule has 1 fully saturated rings. The fourth-order valence-corrected chi connectivity index (χ4v) is 4.36. The van der Waals surface area contributed by atoms with Gasteiger partial charge in [-0.1, -0.05) is 20.8 Å². The molecule has 0 saturated heterocycles. The molecule has 88 valence electrons. The van der Waals surface area contributed by atoms with Crippen molar-refractivity contribution in [2.24, 2.45) is 11.8 Å². The van der Waals surface area contributed by atoms with Crippen LogP contribution in [0.2, 0.25) is 0 Å². The molecule has 4 heteroatoms. The van der Waals surface area contributed by atoms with Gasteiger partial charge in [0.25, 0.3) is 0 Å². The maximum atomic E-state index is 11.9. The van der Waals surface area contributed by atoms with Gasteiger partial charge in [0.05, 0.1) is 11.0 Å². The molecule has 1 rings (SSSR count). The summed E-state index contributed by atoms with van der Waals surface area (Å²) in [6.07, 6.45) is 1.66. The van der Waals surface area contributed by atoms with E-state index < -0.39 is 15.1 Å². The summed E-state index contributed by atoms with van der Waals surface area (Å²) >= 11 is 0. The lowest BCUT2D eigenvalue weighted by Gasteiger charge is -2.15. The molecule has 0 radical (unpaired) electrons. The Morgan fingerprint density at radius 2 is 2.00 bits per heavy atom. The number of hydrogen-bond donors (Lipinski definition) is 0. The van der Waals surface area contributed by atoms with Crippen LogP contribution in [-0.2, 0) is 14.6 Å². The number of Topliss-reactive ketones (excluding diaryl/α,β-unsaturated/α-hetero) is 1. The van der Waals surface area contributed by atoms with E-state index in [0.717, 1.165) is 0 Å². The summed E-state index contributed by atoms with van der Waals surface area (Å²) < 4.78 is 23.9. The Kier molecular flexibility index (Phi) is 3.93. The van der Waals surface area contributed by atoms with Crippen LogP contribution in [0.1, 0.15) is 40.0 Å². The molecule has 0 amide bonds. The Labute approximate surface area is 92.2 Å². The predicted molar refractivity (Wildman–Crippen MR) is 60.4 cm³/mol. The minimum absolute atomic E-state index is 0.105. The fraction of sp³-hybridized carbons (Fsp3) is 0.909.